The van der Waals surface area contributed by atoms with Crippen molar-refractivity contribution in [2.24, 2.45) is 35.5 Å². The molecule has 0 unspecified atom stereocenters. The van der Waals surface area contributed by atoms with Crippen LogP contribution in [0.4, 0.5) is 0 Å². The van der Waals surface area contributed by atoms with E-state index >= 15 is 0 Å². The van der Waals surface area contributed by atoms with E-state index in [4.69, 9.17) is 0 Å². The van der Waals surface area contributed by atoms with Crippen molar-refractivity contribution < 1.29 is 0 Å². The second-order valence-corrected chi connectivity index (χ2v) is 4.62. The molecule has 1 fully saturated rings. The molecular weight excluding hydrogens is 144 g/mol. The monoisotopic (exact) mass is 156 g/mol. The Hall–Kier alpha value is -0.780. The zero-order valence-corrected chi connectivity index (χ0v) is 6.93. The van der Waals surface area contributed by atoms with Crippen LogP contribution in [0.1, 0.15) is 0 Å². The first-order chi connectivity index (χ1) is 5.95. The molecule has 0 spiro atoms. The van der Waals surface area contributed by atoms with Crippen LogP contribution in [0.15, 0.2) is 36.5 Å². The molecule has 0 atom stereocenters. The molecule has 0 radical (unpaired) electrons. The summed E-state index contributed by atoms with van der Waals surface area (Å²) < 4.78 is 0. The van der Waals surface area contributed by atoms with Gasteiger partial charge < -0.3 is 0 Å². The van der Waals surface area contributed by atoms with Gasteiger partial charge in [-0.3, -0.25) is 0 Å². The summed E-state index contributed by atoms with van der Waals surface area (Å²) >= 11 is 0. The van der Waals surface area contributed by atoms with E-state index in [-0.39, 0.29) is 0 Å². The molecule has 0 N–H and O–H groups in total. The van der Waals surface area contributed by atoms with Gasteiger partial charge in [0.2, 0.25) is 0 Å². The maximum Gasteiger partial charge on any atom is -0.00133 e. The van der Waals surface area contributed by atoms with Gasteiger partial charge in [-0.2, -0.15) is 0 Å². The smallest absolute Gasteiger partial charge is 0.00133 e. The molecule has 0 aromatic carbocycles. The third-order valence-electron chi connectivity index (χ3n) is 4.33. The second-order valence-electron chi connectivity index (χ2n) is 4.62. The van der Waals surface area contributed by atoms with Gasteiger partial charge in [-0.1, -0.05) is 36.5 Å². The van der Waals surface area contributed by atoms with E-state index in [1.807, 2.05) is 0 Å². The highest BCUT2D eigenvalue weighted by Gasteiger charge is 2.55. The first-order valence-corrected chi connectivity index (χ1v) is 5.00. The molecule has 0 heteroatoms. The molecular formula is C12H12. The topological polar surface area (TPSA) is 0 Å². The molecule has 0 amide bonds. The van der Waals surface area contributed by atoms with Crippen LogP contribution in [-0.2, 0) is 0 Å². The van der Waals surface area contributed by atoms with Crippen molar-refractivity contribution in [3.63, 3.8) is 0 Å². The summed E-state index contributed by atoms with van der Waals surface area (Å²) in [6.45, 7) is 0. The second kappa shape index (κ2) is 1.61. The average molecular weight is 156 g/mol. The van der Waals surface area contributed by atoms with E-state index in [9.17, 15) is 0 Å². The predicted molar refractivity (Wildman–Crippen MR) is 48.4 cm³/mol. The lowest BCUT2D eigenvalue weighted by Gasteiger charge is -2.26. The fourth-order valence-corrected chi connectivity index (χ4v) is 3.91. The molecule has 4 rings (SSSR count). The molecule has 0 nitrogen and oxygen atoms in total. The predicted octanol–water partition coefficient (Wildman–Crippen LogP) is 2.41. The van der Waals surface area contributed by atoms with Gasteiger partial charge >= 0.3 is 0 Å². The lowest BCUT2D eigenvalue weighted by molar-refractivity contribution is 0.333. The van der Waals surface area contributed by atoms with Crippen LogP contribution in [0.25, 0.3) is 0 Å². The Morgan fingerprint density at radius 1 is 0.500 bits per heavy atom. The molecule has 0 aromatic rings. The number of rotatable bonds is 0. The van der Waals surface area contributed by atoms with Crippen molar-refractivity contribution in [3.8, 4) is 0 Å². The Morgan fingerprint density at radius 3 is 1.75 bits per heavy atom. The normalized spacial score (nSPS) is 62.0. The van der Waals surface area contributed by atoms with Crippen molar-refractivity contribution in [2.75, 3.05) is 0 Å². The first kappa shape index (κ1) is 5.80. The summed E-state index contributed by atoms with van der Waals surface area (Å²) in [6, 6.07) is 0. The summed E-state index contributed by atoms with van der Waals surface area (Å²) in [6.07, 6.45) is 14.7. The fraction of sp³-hybridized carbons (Fsp3) is 0.500. The summed E-state index contributed by atoms with van der Waals surface area (Å²) in [5.74, 6) is 5.26. The molecule has 4 bridgehead atoms. The van der Waals surface area contributed by atoms with Gasteiger partial charge in [-0.25, -0.2) is 0 Å². The summed E-state index contributed by atoms with van der Waals surface area (Å²) in [7, 11) is 0. The summed E-state index contributed by atoms with van der Waals surface area (Å²) in [4.78, 5) is 0. The van der Waals surface area contributed by atoms with E-state index in [1.165, 1.54) is 0 Å². The highest BCUT2D eigenvalue weighted by molar-refractivity contribution is 5.34. The Bertz CT molecular complexity index is 319. The maximum absolute atomic E-state index is 2.47. The highest BCUT2D eigenvalue weighted by Crippen LogP contribution is 2.61. The third kappa shape index (κ3) is 0.426. The van der Waals surface area contributed by atoms with Gasteiger partial charge in [0.15, 0.2) is 0 Å². The largest absolute Gasteiger partial charge is 0.0842 e. The number of hydrogen-bond acceptors (Lipinski definition) is 0. The van der Waals surface area contributed by atoms with E-state index in [2.05, 4.69) is 36.5 Å². The minimum absolute atomic E-state index is 0.784. The van der Waals surface area contributed by atoms with Gasteiger partial charge in [0.1, 0.15) is 0 Å². The Labute approximate surface area is 72.7 Å². The lowest BCUT2D eigenvalue weighted by Crippen LogP contribution is -2.21. The number of allylic oxidation sites excluding steroid dienone is 6. The average Bonchev–Trinajstić information content (AvgIpc) is 2.65. The van der Waals surface area contributed by atoms with Crippen molar-refractivity contribution in [3.05, 3.63) is 36.5 Å². The molecule has 0 heterocycles. The van der Waals surface area contributed by atoms with E-state index in [1.54, 1.807) is 0 Å². The van der Waals surface area contributed by atoms with E-state index in [0.717, 1.165) is 35.5 Å². The number of fused-ring (bicyclic) bond motifs is 1. The van der Waals surface area contributed by atoms with Gasteiger partial charge in [0.25, 0.3) is 0 Å². The van der Waals surface area contributed by atoms with Crippen LogP contribution in [0.5, 0.6) is 0 Å². The first-order valence-electron chi connectivity index (χ1n) is 5.00. The molecule has 4 aliphatic carbocycles. The minimum atomic E-state index is 0.784. The molecule has 1 saturated carbocycles. The van der Waals surface area contributed by atoms with Crippen LogP contribution in [-0.4, -0.2) is 0 Å². The SMILES string of the molecule is C1=CC2C3C=CC2C2C1C=CC32. The Balaban J connectivity index is 1.99. The van der Waals surface area contributed by atoms with Crippen molar-refractivity contribution in [1.82, 2.24) is 0 Å². The molecule has 0 aliphatic heterocycles. The molecule has 0 saturated heterocycles. The van der Waals surface area contributed by atoms with E-state index < -0.39 is 0 Å². The maximum atomic E-state index is 2.47. The van der Waals surface area contributed by atoms with Crippen LogP contribution >= 0.6 is 0 Å². The highest BCUT2D eigenvalue weighted by atomic mass is 14.6. The lowest BCUT2D eigenvalue weighted by atomic mass is 9.77. The Kier molecular flexibility index (Phi) is 0.778. The van der Waals surface area contributed by atoms with Crippen LogP contribution < -0.4 is 0 Å². The fourth-order valence-electron chi connectivity index (χ4n) is 3.91. The molecule has 4 aliphatic rings. The standard InChI is InChI=1S/C12H12/c1-3-8-9-5-6-11(8)12-7(1)2-4-10(9)12/h1-12H. The quantitative estimate of drug-likeness (QED) is 0.472. The summed E-state index contributed by atoms with van der Waals surface area (Å²) in [5, 5.41) is 0. The minimum Gasteiger partial charge on any atom is -0.0842 e. The molecule has 12 heavy (non-hydrogen) atoms. The van der Waals surface area contributed by atoms with Gasteiger partial charge in [0.05, 0.1) is 0 Å². The van der Waals surface area contributed by atoms with Crippen LogP contribution in [0, 0.1) is 35.5 Å². The Morgan fingerprint density at radius 2 is 1.00 bits per heavy atom. The third-order valence-corrected chi connectivity index (χ3v) is 4.33. The van der Waals surface area contributed by atoms with Gasteiger partial charge in [0, 0.05) is 0 Å². The summed E-state index contributed by atoms with van der Waals surface area (Å²) in [5.41, 5.74) is 0. The van der Waals surface area contributed by atoms with Crippen molar-refractivity contribution in [2.45, 2.75) is 0 Å². The zero-order valence-electron chi connectivity index (χ0n) is 6.93. The van der Waals surface area contributed by atoms with Gasteiger partial charge in [-0.15, -0.1) is 0 Å². The molecule has 0 aromatic heterocycles. The molecule has 60 valence electrons. The van der Waals surface area contributed by atoms with Crippen molar-refractivity contribution >= 4 is 0 Å². The van der Waals surface area contributed by atoms with Crippen LogP contribution in [0.2, 0.25) is 0 Å². The van der Waals surface area contributed by atoms with Gasteiger partial charge in [-0.05, 0) is 35.5 Å². The number of hydrogen-bond donors (Lipinski definition) is 0. The zero-order chi connectivity index (χ0) is 7.71. The van der Waals surface area contributed by atoms with Crippen molar-refractivity contribution in [1.29, 1.82) is 0 Å². The van der Waals surface area contributed by atoms with E-state index in [0.29, 0.717) is 0 Å². The van der Waals surface area contributed by atoms with Crippen LogP contribution in [0.3, 0.4) is 0 Å².